The Hall–Kier alpha value is -1.10. The predicted octanol–water partition coefficient (Wildman–Crippen LogP) is 0.392. The maximum atomic E-state index is 11.3. The highest BCUT2D eigenvalue weighted by Gasteiger charge is 2.38. The Kier molecular flexibility index (Phi) is 3.68. The van der Waals surface area contributed by atoms with Crippen molar-refractivity contribution in [3.8, 4) is 0 Å². The fourth-order valence-electron chi connectivity index (χ4n) is 1.53. The second-order valence-electron chi connectivity index (χ2n) is 4.43. The van der Waals surface area contributed by atoms with Gasteiger partial charge in [-0.2, -0.15) is 0 Å². The van der Waals surface area contributed by atoms with Gasteiger partial charge in [0, 0.05) is 5.54 Å². The number of carboxylic acid groups (broad SMARTS) is 1. The molecule has 0 heterocycles. The first-order valence-corrected chi connectivity index (χ1v) is 5.02. The molecule has 0 radical (unpaired) electrons. The van der Waals surface area contributed by atoms with E-state index < -0.39 is 12.6 Å². The Balaban J connectivity index is 2.20. The second-order valence-corrected chi connectivity index (χ2v) is 4.43. The summed E-state index contributed by atoms with van der Waals surface area (Å²) in [7, 11) is 0. The molecule has 86 valence electrons. The number of hydrogen-bond acceptors (Lipinski definition) is 3. The van der Waals surface area contributed by atoms with Gasteiger partial charge in [-0.25, -0.2) is 4.79 Å². The molecule has 0 spiro atoms. The maximum Gasteiger partial charge on any atom is 0.329 e. The summed E-state index contributed by atoms with van der Waals surface area (Å²) >= 11 is 0. The minimum atomic E-state index is -1.07. The number of nitrogens with one attached hydrogen (secondary N) is 1. The quantitative estimate of drug-likeness (QED) is 0.672. The molecule has 1 fully saturated rings. The molecule has 5 nitrogen and oxygen atoms in total. The third-order valence-corrected chi connectivity index (χ3v) is 2.52. The van der Waals surface area contributed by atoms with Crippen molar-refractivity contribution < 1.29 is 19.4 Å². The van der Waals surface area contributed by atoms with E-state index in [0.29, 0.717) is 5.92 Å². The van der Waals surface area contributed by atoms with E-state index in [-0.39, 0.29) is 18.1 Å². The van der Waals surface area contributed by atoms with E-state index in [1.807, 2.05) is 13.8 Å². The lowest BCUT2D eigenvalue weighted by atomic mass is 9.99. The van der Waals surface area contributed by atoms with Crippen molar-refractivity contribution in [1.29, 1.82) is 0 Å². The van der Waals surface area contributed by atoms with Crippen LogP contribution in [0.1, 0.15) is 26.7 Å². The third-order valence-electron chi connectivity index (χ3n) is 2.52. The number of aliphatic carboxylic acids is 1. The van der Waals surface area contributed by atoms with Gasteiger partial charge in [-0.05, 0) is 32.6 Å². The molecular weight excluding hydrogens is 198 g/mol. The predicted molar refractivity (Wildman–Crippen MR) is 53.4 cm³/mol. The maximum absolute atomic E-state index is 11.3. The molecule has 15 heavy (non-hydrogen) atoms. The van der Waals surface area contributed by atoms with Crippen LogP contribution >= 0.6 is 0 Å². The molecule has 0 atom stereocenters. The molecule has 5 heteroatoms. The number of carboxylic acids is 1. The van der Waals surface area contributed by atoms with Crippen LogP contribution in [0.2, 0.25) is 0 Å². The number of carbonyl (C=O) groups excluding carboxylic acids is 1. The van der Waals surface area contributed by atoms with Crippen molar-refractivity contribution in [2.24, 2.45) is 5.92 Å². The number of rotatable bonds is 6. The van der Waals surface area contributed by atoms with Gasteiger partial charge in [0.05, 0.1) is 0 Å². The first kappa shape index (κ1) is 12.0. The molecule has 1 saturated carbocycles. The molecular formula is C10H17NO4. The highest BCUT2D eigenvalue weighted by Crippen LogP contribution is 2.39. The normalized spacial score (nSPS) is 16.1. The van der Waals surface area contributed by atoms with Gasteiger partial charge in [0.25, 0.3) is 0 Å². The minimum Gasteiger partial charge on any atom is -0.480 e. The van der Waals surface area contributed by atoms with E-state index in [1.165, 1.54) is 0 Å². The number of amides is 1. The SMILES string of the molecule is CC(C)(NC(=O)COCC(=O)O)C1CC1. The lowest BCUT2D eigenvalue weighted by Gasteiger charge is -2.25. The molecule has 0 bridgehead atoms. The Bertz CT molecular complexity index is 258. The molecule has 0 unspecified atom stereocenters. The Morgan fingerprint density at radius 3 is 2.47 bits per heavy atom. The molecule has 0 saturated heterocycles. The summed E-state index contributed by atoms with van der Waals surface area (Å²) in [5.41, 5.74) is -0.205. The van der Waals surface area contributed by atoms with Gasteiger partial charge in [-0.3, -0.25) is 4.79 Å². The summed E-state index contributed by atoms with van der Waals surface area (Å²) in [6.45, 7) is 3.32. The van der Waals surface area contributed by atoms with Crippen LogP contribution in [-0.2, 0) is 14.3 Å². The summed E-state index contributed by atoms with van der Waals surface area (Å²) in [6.07, 6.45) is 2.28. The van der Waals surface area contributed by atoms with Crippen LogP contribution in [0.5, 0.6) is 0 Å². The number of hydrogen-bond donors (Lipinski definition) is 2. The highest BCUT2D eigenvalue weighted by atomic mass is 16.5. The van der Waals surface area contributed by atoms with Gasteiger partial charge in [-0.1, -0.05) is 0 Å². The number of carbonyl (C=O) groups is 2. The second kappa shape index (κ2) is 4.61. The minimum absolute atomic E-state index is 0.192. The Morgan fingerprint density at radius 2 is 2.00 bits per heavy atom. The van der Waals surface area contributed by atoms with Gasteiger partial charge in [-0.15, -0.1) is 0 Å². The molecule has 2 N–H and O–H groups in total. The zero-order valence-electron chi connectivity index (χ0n) is 9.08. The van der Waals surface area contributed by atoms with Crippen LogP contribution < -0.4 is 5.32 Å². The zero-order chi connectivity index (χ0) is 11.5. The van der Waals surface area contributed by atoms with Crippen LogP contribution in [-0.4, -0.2) is 35.7 Å². The fourth-order valence-corrected chi connectivity index (χ4v) is 1.53. The van der Waals surface area contributed by atoms with Crippen molar-refractivity contribution in [2.75, 3.05) is 13.2 Å². The van der Waals surface area contributed by atoms with Gasteiger partial charge in [0.1, 0.15) is 13.2 Å². The Morgan fingerprint density at radius 1 is 1.40 bits per heavy atom. The molecule has 0 aromatic heterocycles. The highest BCUT2D eigenvalue weighted by molar-refractivity contribution is 5.78. The van der Waals surface area contributed by atoms with Crippen molar-refractivity contribution in [3.05, 3.63) is 0 Å². The largest absolute Gasteiger partial charge is 0.480 e. The van der Waals surface area contributed by atoms with E-state index in [1.54, 1.807) is 0 Å². The van der Waals surface area contributed by atoms with Gasteiger partial charge < -0.3 is 15.2 Å². The van der Waals surface area contributed by atoms with Crippen molar-refractivity contribution in [3.63, 3.8) is 0 Å². The number of ether oxygens (including phenoxy) is 1. The van der Waals surface area contributed by atoms with E-state index in [0.717, 1.165) is 12.8 Å². The Labute approximate surface area is 88.8 Å². The molecule has 0 aromatic carbocycles. The molecule has 0 aliphatic heterocycles. The first-order valence-electron chi connectivity index (χ1n) is 5.02. The molecule has 1 aliphatic carbocycles. The zero-order valence-corrected chi connectivity index (χ0v) is 9.08. The summed E-state index contributed by atoms with van der Waals surface area (Å²) in [5, 5.41) is 11.1. The monoisotopic (exact) mass is 215 g/mol. The van der Waals surface area contributed by atoms with Crippen molar-refractivity contribution in [2.45, 2.75) is 32.2 Å². The van der Waals surface area contributed by atoms with Crippen LogP contribution in [0, 0.1) is 5.92 Å². The summed E-state index contributed by atoms with van der Waals surface area (Å²) < 4.78 is 4.69. The third kappa shape index (κ3) is 4.29. The van der Waals surface area contributed by atoms with Crippen LogP contribution in [0.4, 0.5) is 0 Å². The summed E-state index contributed by atoms with van der Waals surface area (Å²) in [6, 6.07) is 0. The molecule has 1 amide bonds. The van der Waals surface area contributed by atoms with Gasteiger partial charge in [0.15, 0.2) is 0 Å². The fraction of sp³-hybridized carbons (Fsp3) is 0.800. The first-order chi connectivity index (χ1) is 6.92. The standard InChI is InChI=1S/C10H17NO4/c1-10(2,7-3-4-7)11-8(12)5-15-6-9(13)14/h7H,3-6H2,1-2H3,(H,11,12)(H,13,14). The topological polar surface area (TPSA) is 75.6 Å². The molecule has 1 aliphatic rings. The lowest BCUT2D eigenvalue weighted by molar-refractivity contribution is -0.143. The van der Waals surface area contributed by atoms with Gasteiger partial charge >= 0.3 is 5.97 Å². The average Bonchev–Trinajstić information content (AvgIpc) is 2.83. The van der Waals surface area contributed by atoms with E-state index >= 15 is 0 Å². The van der Waals surface area contributed by atoms with Gasteiger partial charge in [0.2, 0.25) is 5.91 Å². The van der Waals surface area contributed by atoms with Crippen LogP contribution in [0.3, 0.4) is 0 Å². The summed E-state index contributed by atoms with van der Waals surface area (Å²) in [5.74, 6) is -0.779. The van der Waals surface area contributed by atoms with E-state index in [2.05, 4.69) is 5.32 Å². The van der Waals surface area contributed by atoms with Crippen molar-refractivity contribution in [1.82, 2.24) is 5.32 Å². The van der Waals surface area contributed by atoms with E-state index in [4.69, 9.17) is 9.84 Å². The van der Waals surface area contributed by atoms with Crippen LogP contribution in [0.25, 0.3) is 0 Å². The smallest absolute Gasteiger partial charge is 0.329 e. The summed E-state index contributed by atoms with van der Waals surface area (Å²) in [4.78, 5) is 21.5. The lowest BCUT2D eigenvalue weighted by Crippen LogP contribution is -2.46. The average molecular weight is 215 g/mol. The molecule has 0 aromatic rings. The van der Waals surface area contributed by atoms with Crippen LogP contribution in [0.15, 0.2) is 0 Å². The van der Waals surface area contributed by atoms with Crippen molar-refractivity contribution >= 4 is 11.9 Å². The van der Waals surface area contributed by atoms with E-state index in [9.17, 15) is 9.59 Å². The molecule has 1 rings (SSSR count).